The van der Waals surface area contributed by atoms with Crippen LogP contribution in [0.2, 0.25) is 0 Å². The van der Waals surface area contributed by atoms with Crippen molar-refractivity contribution in [3.8, 4) is 10.4 Å². The van der Waals surface area contributed by atoms with Crippen LogP contribution in [0.4, 0.5) is 24.8 Å². The Balaban J connectivity index is 1.56. The summed E-state index contributed by atoms with van der Waals surface area (Å²) in [6, 6.07) is 6.39. The fourth-order valence-electron chi connectivity index (χ4n) is 3.51. The molecule has 4 rings (SSSR count). The van der Waals surface area contributed by atoms with Gasteiger partial charge >= 0.3 is 12.1 Å². The second-order valence-corrected chi connectivity index (χ2v) is 8.58. The highest BCUT2D eigenvalue weighted by Gasteiger charge is 2.32. The molecule has 1 unspecified atom stereocenters. The molecule has 0 aliphatic heterocycles. The van der Waals surface area contributed by atoms with Gasteiger partial charge < -0.3 is 10.4 Å². The topological polar surface area (TPSA) is 88.0 Å². The SMILES string of the molecule is Cc1cc(Nc2nccc(C(F)(F)F)n2)cc(-c2cnc(C3=CCC(C(=O)O)CC3)s2)c1. The van der Waals surface area contributed by atoms with Gasteiger partial charge in [0.2, 0.25) is 5.95 Å². The molecule has 2 N–H and O–H groups in total. The average Bonchev–Trinajstić information content (AvgIpc) is 3.23. The van der Waals surface area contributed by atoms with Gasteiger partial charge in [0, 0.05) is 18.1 Å². The molecule has 1 aliphatic carbocycles. The molecule has 0 bridgehead atoms. The normalized spacial score (nSPS) is 16.5. The van der Waals surface area contributed by atoms with Crippen LogP contribution in [0.25, 0.3) is 16.0 Å². The number of hydrogen-bond donors (Lipinski definition) is 2. The molecule has 3 aromatic rings. The maximum absolute atomic E-state index is 12.9. The summed E-state index contributed by atoms with van der Waals surface area (Å²) >= 11 is 1.50. The average molecular weight is 460 g/mol. The monoisotopic (exact) mass is 460 g/mol. The number of aryl methyl sites for hydroxylation is 1. The molecule has 1 aliphatic rings. The fourth-order valence-corrected chi connectivity index (χ4v) is 4.48. The smallest absolute Gasteiger partial charge is 0.433 e. The second-order valence-electron chi connectivity index (χ2n) is 7.54. The number of halogens is 3. The quantitative estimate of drug-likeness (QED) is 0.490. The van der Waals surface area contributed by atoms with E-state index in [1.807, 2.05) is 25.1 Å². The van der Waals surface area contributed by atoms with Crippen molar-refractivity contribution in [3.05, 3.63) is 59.0 Å². The Hall–Kier alpha value is -3.27. The van der Waals surface area contributed by atoms with Gasteiger partial charge in [-0.15, -0.1) is 11.3 Å². The molecule has 166 valence electrons. The molecule has 1 atom stereocenters. The van der Waals surface area contributed by atoms with E-state index in [9.17, 15) is 18.0 Å². The van der Waals surface area contributed by atoms with Crippen molar-refractivity contribution in [2.75, 3.05) is 5.32 Å². The highest BCUT2D eigenvalue weighted by Crippen LogP contribution is 2.37. The summed E-state index contributed by atoms with van der Waals surface area (Å²) in [5.41, 5.74) is 2.37. The highest BCUT2D eigenvalue weighted by molar-refractivity contribution is 7.16. The number of anilines is 2. The molecule has 0 saturated carbocycles. The molecule has 2 aromatic heterocycles. The molecule has 0 saturated heterocycles. The standard InChI is InChI=1S/C22H19F3N4O2S/c1-12-8-15(10-16(9-12)28-21-26-7-6-18(29-21)22(23,24)25)17-11-27-19(32-17)13-2-4-14(5-3-13)20(30)31/h2,6-11,14H,3-5H2,1H3,(H,30,31)(H,26,28,29). The summed E-state index contributed by atoms with van der Waals surface area (Å²) < 4.78 is 38.7. The van der Waals surface area contributed by atoms with Crippen LogP contribution in [-0.4, -0.2) is 26.0 Å². The van der Waals surface area contributed by atoms with E-state index < -0.39 is 17.8 Å². The molecule has 6 nitrogen and oxygen atoms in total. The summed E-state index contributed by atoms with van der Waals surface area (Å²) in [5.74, 6) is -1.26. The maximum atomic E-state index is 12.9. The predicted molar refractivity (Wildman–Crippen MR) is 116 cm³/mol. The molecule has 0 amide bonds. The zero-order valence-corrected chi connectivity index (χ0v) is 17.8. The molecule has 32 heavy (non-hydrogen) atoms. The molecule has 1 aromatic carbocycles. The zero-order chi connectivity index (χ0) is 22.9. The third-order valence-electron chi connectivity index (χ3n) is 5.10. The number of aliphatic carboxylic acids is 1. The summed E-state index contributed by atoms with van der Waals surface area (Å²) in [5, 5.41) is 12.8. The molecule has 0 radical (unpaired) electrons. The number of allylic oxidation sites excluding steroid dienone is 2. The van der Waals surface area contributed by atoms with E-state index in [-0.39, 0.29) is 11.9 Å². The number of carbonyl (C=O) groups is 1. The van der Waals surface area contributed by atoms with Crippen LogP contribution in [0.15, 0.2) is 42.7 Å². The van der Waals surface area contributed by atoms with Crippen LogP contribution in [0, 0.1) is 12.8 Å². The van der Waals surface area contributed by atoms with Gasteiger partial charge in [0.15, 0.2) is 0 Å². The lowest BCUT2D eigenvalue weighted by Crippen LogP contribution is -2.15. The molecule has 10 heteroatoms. The van der Waals surface area contributed by atoms with E-state index in [1.54, 1.807) is 12.3 Å². The Morgan fingerprint density at radius 3 is 2.75 bits per heavy atom. The Morgan fingerprint density at radius 2 is 2.06 bits per heavy atom. The Labute approximate surface area is 185 Å². The number of alkyl halides is 3. The van der Waals surface area contributed by atoms with E-state index in [0.717, 1.165) is 38.8 Å². The van der Waals surface area contributed by atoms with Crippen molar-refractivity contribution in [2.45, 2.75) is 32.4 Å². The number of rotatable bonds is 5. The summed E-state index contributed by atoms with van der Waals surface area (Å²) in [7, 11) is 0. The minimum Gasteiger partial charge on any atom is -0.481 e. The van der Waals surface area contributed by atoms with Gasteiger partial charge in [-0.05, 0) is 61.1 Å². The van der Waals surface area contributed by atoms with Crippen molar-refractivity contribution in [2.24, 2.45) is 5.92 Å². The van der Waals surface area contributed by atoms with Gasteiger partial charge in [-0.1, -0.05) is 12.1 Å². The number of nitrogens with zero attached hydrogens (tertiary/aromatic N) is 3. The third kappa shape index (κ3) is 4.96. The van der Waals surface area contributed by atoms with E-state index in [4.69, 9.17) is 5.11 Å². The van der Waals surface area contributed by atoms with E-state index in [1.165, 1.54) is 11.3 Å². The summed E-state index contributed by atoms with van der Waals surface area (Å²) in [4.78, 5) is 24.0. The number of thiazole rings is 1. The molecular formula is C22H19F3N4O2S. The minimum absolute atomic E-state index is 0.137. The van der Waals surface area contributed by atoms with Crippen LogP contribution in [-0.2, 0) is 11.0 Å². The summed E-state index contributed by atoms with van der Waals surface area (Å²) in [6.45, 7) is 1.89. The van der Waals surface area contributed by atoms with E-state index in [2.05, 4.69) is 20.3 Å². The number of nitrogens with one attached hydrogen (secondary N) is 1. The van der Waals surface area contributed by atoms with Crippen LogP contribution in [0.1, 0.15) is 35.5 Å². The van der Waals surface area contributed by atoms with Gasteiger partial charge in [-0.2, -0.15) is 13.2 Å². The van der Waals surface area contributed by atoms with Crippen LogP contribution in [0.5, 0.6) is 0 Å². The zero-order valence-electron chi connectivity index (χ0n) is 17.0. The third-order valence-corrected chi connectivity index (χ3v) is 6.23. The van der Waals surface area contributed by atoms with Gasteiger partial charge in [0.25, 0.3) is 0 Å². The lowest BCUT2D eigenvalue weighted by molar-refractivity contribution is -0.142. The molecular weight excluding hydrogens is 441 g/mol. The Kier molecular flexibility index (Phi) is 5.96. The van der Waals surface area contributed by atoms with Crippen LogP contribution >= 0.6 is 11.3 Å². The maximum Gasteiger partial charge on any atom is 0.433 e. The Bertz CT molecular complexity index is 1190. The van der Waals surface area contributed by atoms with Gasteiger partial charge in [-0.3, -0.25) is 4.79 Å². The van der Waals surface area contributed by atoms with Crippen molar-refractivity contribution < 1.29 is 23.1 Å². The van der Waals surface area contributed by atoms with Crippen molar-refractivity contribution in [1.82, 2.24) is 15.0 Å². The second kappa shape index (κ2) is 8.70. The summed E-state index contributed by atoms with van der Waals surface area (Å²) in [6.07, 6.45) is 1.96. The van der Waals surface area contributed by atoms with Crippen molar-refractivity contribution in [1.29, 1.82) is 0 Å². The van der Waals surface area contributed by atoms with Crippen LogP contribution in [0.3, 0.4) is 0 Å². The minimum atomic E-state index is -4.55. The number of benzene rings is 1. The van der Waals surface area contributed by atoms with Crippen LogP contribution < -0.4 is 5.32 Å². The fraction of sp³-hybridized carbons (Fsp3) is 0.273. The number of hydrogen-bond acceptors (Lipinski definition) is 6. The van der Waals surface area contributed by atoms with Gasteiger partial charge in [-0.25, -0.2) is 15.0 Å². The molecule has 2 heterocycles. The van der Waals surface area contributed by atoms with E-state index in [0.29, 0.717) is 24.9 Å². The number of carboxylic acids is 1. The first-order valence-electron chi connectivity index (χ1n) is 9.86. The van der Waals surface area contributed by atoms with Crippen molar-refractivity contribution in [3.63, 3.8) is 0 Å². The first-order valence-corrected chi connectivity index (χ1v) is 10.7. The van der Waals surface area contributed by atoms with Gasteiger partial charge in [0.05, 0.1) is 10.8 Å². The van der Waals surface area contributed by atoms with Crippen molar-refractivity contribution >= 4 is 34.5 Å². The number of aromatic nitrogens is 3. The van der Waals surface area contributed by atoms with E-state index >= 15 is 0 Å². The molecule has 0 fully saturated rings. The lowest BCUT2D eigenvalue weighted by atomic mass is 9.90. The predicted octanol–water partition coefficient (Wildman–Crippen LogP) is 5.94. The number of carboxylic acid groups (broad SMARTS) is 1. The molecule has 0 spiro atoms. The first kappa shape index (κ1) is 21.9. The first-order chi connectivity index (χ1) is 15.2. The highest BCUT2D eigenvalue weighted by atomic mass is 32.1. The largest absolute Gasteiger partial charge is 0.481 e. The lowest BCUT2D eigenvalue weighted by Gasteiger charge is -2.16. The Morgan fingerprint density at radius 1 is 1.25 bits per heavy atom. The van der Waals surface area contributed by atoms with Gasteiger partial charge in [0.1, 0.15) is 10.7 Å².